The number of ketones is 1. The summed E-state index contributed by atoms with van der Waals surface area (Å²) in [6.07, 6.45) is 5.07. The van der Waals surface area contributed by atoms with Crippen molar-refractivity contribution >= 4 is 17.4 Å². The molecule has 0 amide bonds. The molecule has 0 saturated carbocycles. The number of aryl methyl sites for hydroxylation is 1. The summed E-state index contributed by atoms with van der Waals surface area (Å²) >= 11 is 0. The minimum Gasteiger partial charge on any atom is -0.294 e. The fourth-order valence-corrected chi connectivity index (χ4v) is 2.30. The van der Waals surface area contributed by atoms with Crippen LogP contribution in [-0.4, -0.2) is 10.8 Å². The minimum atomic E-state index is 0.208. The van der Waals surface area contributed by atoms with Crippen molar-refractivity contribution in [2.45, 2.75) is 12.8 Å². The lowest BCUT2D eigenvalue weighted by Gasteiger charge is -2.17. The number of allylic oxidation sites excluding steroid dienone is 1. The molecule has 0 aliphatic heterocycles. The van der Waals surface area contributed by atoms with Gasteiger partial charge >= 0.3 is 0 Å². The van der Waals surface area contributed by atoms with Gasteiger partial charge in [-0.05, 0) is 35.8 Å². The highest BCUT2D eigenvalue weighted by Gasteiger charge is 2.20. The highest BCUT2D eigenvalue weighted by Crippen LogP contribution is 2.29. The molecular formula is C16H13NO. The molecule has 0 radical (unpaired) electrons. The van der Waals surface area contributed by atoms with E-state index in [9.17, 15) is 4.79 Å². The number of benzene rings is 1. The van der Waals surface area contributed by atoms with Gasteiger partial charge in [-0.15, -0.1) is 0 Å². The third-order valence-corrected chi connectivity index (χ3v) is 3.21. The second-order valence-electron chi connectivity index (χ2n) is 4.39. The van der Waals surface area contributed by atoms with E-state index in [0.717, 1.165) is 23.3 Å². The van der Waals surface area contributed by atoms with Gasteiger partial charge in [-0.2, -0.15) is 0 Å². The van der Waals surface area contributed by atoms with Crippen molar-refractivity contribution in [2.75, 3.05) is 0 Å². The van der Waals surface area contributed by atoms with Crippen molar-refractivity contribution in [3.63, 3.8) is 0 Å². The molecule has 3 rings (SSSR count). The number of aromatic nitrogens is 1. The standard InChI is InChI=1S/C16H13NO/c18-16-9-8-12-5-1-2-7-14(12)15(16)11-13-6-3-4-10-17-13/h1-7,10-11H,8-9H2. The van der Waals surface area contributed by atoms with E-state index in [-0.39, 0.29) is 5.78 Å². The first-order chi connectivity index (χ1) is 8.84. The van der Waals surface area contributed by atoms with Crippen LogP contribution in [0.1, 0.15) is 23.2 Å². The summed E-state index contributed by atoms with van der Waals surface area (Å²) in [4.78, 5) is 16.3. The fraction of sp³-hybridized carbons (Fsp3) is 0.125. The number of pyridine rings is 1. The summed E-state index contributed by atoms with van der Waals surface area (Å²) < 4.78 is 0. The largest absolute Gasteiger partial charge is 0.294 e. The Bertz CT molecular complexity index is 614. The van der Waals surface area contributed by atoms with Crippen LogP contribution in [0.2, 0.25) is 0 Å². The van der Waals surface area contributed by atoms with Gasteiger partial charge in [0.05, 0.1) is 5.69 Å². The molecule has 1 aliphatic carbocycles. The van der Waals surface area contributed by atoms with Crippen LogP contribution in [0.3, 0.4) is 0 Å². The first-order valence-corrected chi connectivity index (χ1v) is 6.09. The van der Waals surface area contributed by atoms with Crippen molar-refractivity contribution in [3.05, 3.63) is 65.5 Å². The summed E-state index contributed by atoms with van der Waals surface area (Å²) in [7, 11) is 0. The number of hydrogen-bond acceptors (Lipinski definition) is 2. The lowest BCUT2D eigenvalue weighted by Crippen LogP contribution is -2.12. The van der Waals surface area contributed by atoms with Gasteiger partial charge in [0, 0.05) is 18.2 Å². The smallest absolute Gasteiger partial charge is 0.163 e. The number of carbonyl (C=O) groups is 1. The van der Waals surface area contributed by atoms with Gasteiger partial charge in [0.2, 0.25) is 0 Å². The highest BCUT2D eigenvalue weighted by atomic mass is 16.1. The molecule has 2 aromatic rings. The summed E-state index contributed by atoms with van der Waals surface area (Å²) in [5, 5.41) is 0. The Morgan fingerprint density at radius 2 is 1.83 bits per heavy atom. The molecule has 2 heteroatoms. The lowest BCUT2D eigenvalue weighted by molar-refractivity contribution is -0.113. The van der Waals surface area contributed by atoms with Crippen LogP contribution in [0.5, 0.6) is 0 Å². The van der Waals surface area contributed by atoms with Crippen LogP contribution in [0.15, 0.2) is 48.7 Å². The molecule has 0 unspecified atom stereocenters. The van der Waals surface area contributed by atoms with E-state index in [4.69, 9.17) is 0 Å². The number of fused-ring (bicyclic) bond motifs is 1. The normalized spacial score (nSPS) is 16.7. The molecule has 1 aliphatic rings. The highest BCUT2D eigenvalue weighted by molar-refractivity contribution is 6.26. The zero-order valence-electron chi connectivity index (χ0n) is 9.97. The second-order valence-corrected chi connectivity index (χ2v) is 4.39. The second kappa shape index (κ2) is 4.57. The van der Waals surface area contributed by atoms with Crippen molar-refractivity contribution in [2.24, 2.45) is 0 Å². The SMILES string of the molecule is O=C1CCc2ccccc2C1=Cc1ccccn1. The van der Waals surface area contributed by atoms with Gasteiger partial charge in [-0.25, -0.2) is 0 Å². The molecule has 0 spiro atoms. The Kier molecular flexibility index (Phi) is 2.77. The predicted octanol–water partition coefficient (Wildman–Crippen LogP) is 3.14. The molecule has 0 N–H and O–H groups in total. The quantitative estimate of drug-likeness (QED) is 0.711. The lowest BCUT2D eigenvalue weighted by atomic mass is 9.86. The van der Waals surface area contributed by atoms with Crippen LogP contribution in [0, 0.1) is 0 Å². The van der Waals surface area contributed by atoms with Crippen LogP contribution in [0.4, 0.5) is 0 Å². The maximum atomic E-state index is 12.1. The van der Waals surface area contributed by atoms with Gasteiger partial charge in [0.1, 0.15) is 0 Å². The van der Waals surface area contributed by atoms with Crippen molar-refractivity contribution in [1.29, 1.82) is 0 Å². The zero-order valence-corrected chi connectivity index (χ0v) is 9.97. The zero-order chi connectivity index (χ0) is 12.4. The van der Waals surface area contributed by atoms with E-state index >= 15 is 0 Å². The van der Waals surface area contributed by atoms with E-state index in [1.54, 1.807) is 6.20 Å². The molecule has 2 nitrogen and oxygen atoms in total. The summed E-state index contributed by atoms with van der Waals surface area (Å²) in [6.45, 7) is 0. The van der Waals surface area contributed by atoms with Gasteiger partial charge < -0.3 is 0 Å². The summed E-state index contributed by atoms with van der Waals surface area (Å²) in [5.41, 5.74) is 3.92. The van der Waals surface area contributed by atoms with E-state index in [0.29, 0.717) is 6.42 Å². The monoisotopic (exact) mass is 235 g/mol. The van der Waals surface area contributed by atoms with Crippen LogP contribution >= 0.6 is 0 Å². The number of carbonyl (C=O) groups excluding carboxylic acids is 1. The average molecular weight is 235 g/mol. The Hall–Kier alpha value is -2.22. The molecule has 0 atom stereocenters. The van der Waals surface area contributed by atoms with Crippen molar-refractivity contribution < 1.29 is 4.79 Å². The maximum Gasteiger partial charge on any atom is 0.163 e. The number of hydrogen-bond donors (Lipinski definition) is 0. The Balaban J connectivity index is 2.11. The molecule has 18 heavy (non-hydrogen) atoms. The van der Waals surface area contributed by atoms with Crippen molar-refractivity contribution in [3.8, 4) is 0 Å². The fourth-order valence-electron chi connectivity index (χ4n) is 2.30. The molecule has 1 aromatic carbocycles. The van der Waals surface area contributed by atoms with E-state index in [2.05, 4.69) is 11.1 Å². The molecule has 0 bridgehead atoms. The first-order valence-electron chi connectivity index (χ1n) is 6.09. The first kappa shape index (κ1) is 10.9. The number of rotatable bonds is 1. The van der Waals surface area contributed by atoms with Crippen molar-refractivity contribution in [1.82, 2.24) is 4.98 Å². The predicted molar refractivity (Wildman–Crippen MR) is 71.9 cm³/mol. The van der Waals surface area contributed by atoms with Crippen LogP contribution in [0.25, 0.3) is 11.6 Å². The van der Waals surface area contributed by atoms with Gasteiger partial charge in [-0.1, -0.05) is 30.3 Å². The van der Waals surface area contributed by atoms with Gasteiger partial charge in [0.25, 0.3) is 0 Å². The Morgan fingerprint density at radius 3 is 2.67 bits per heavy atom. The van der Waals surface area contributed by atoms with E-state index in [1.807, 2.05) is 42.5 Å². The summed E-state index contributed by atoms with van der Waals surface area (Å²) in [5.74, 6) is 0.208. The third kappa shape index (κ3) is 1.97. The summed E-state index contributed by atoms with van der Waals surface area (Å²) in [6, 6.07) is 13.8. The molecule has 1 aromatic heterocycles. The Morgan fingerprint density at radius 1 is 1.00 bits per heavy atom. The molecule has 88 valence electrons. The molecule has 0 saturated heterocycles. The van der Waals surface area contributed by atoms with Gasteiger partial charge in [-0.3, -0.25) is 9.78 Å². The molecule has 1 heterocycles. The van der Waals surface area contributed by atoms with Gasteiger partial charge in [0.15, 0.2) is 5.78 Å². The molecular weight excluding hydrogens is 222 g/mol. The Labute approximate surface area is 106 Å². The number of nitrogens with zero attached hydrogens (tertiary/aromatic N) is 1. The van der Waals surface area contributed by atoms with Crippen LogP contribution in [-0.2, 0) is 11.2 Å². The maximum absolute atomic E-state index is 12.1. The average Bonchev–Trinajstić information content (AvgIpc) is 2.43. The minimum absolute atomic E-state index is 0.208. The van der Waals surface area contributed by atoms with E-state index < -0.39 is 0 Å². The topological polar surface area (TPSA) is 30.0 Å². The van der Waals surface area contributed by atoms with E-state index in [1.165, 1.54) is 5.56 Å². The number of Topliss-reactive ketones (excluding diaryl/α,β-unsaturated/α-hetero) is 1. The van der Waals surface area contributed by atoms with Crippen LogP contribution < -0.4 is 0 Å². The third-order valence-electron chi connectivity index (χ3n) is 3.21. The molecule has 0 fully saturated rings.